The highest BCUT2D eigenvalue weighted by molar-refractivity contribution is 7.09. The molecule has 96 valence electrons. The third-order valence-corrected chi connectivity index (χ3v) is 3.80. The number of nitrogens with zero attached hydrogens (tertiary/aromatic N) is 3. The minimum Gasteiger partial charge on any atom is -0.354 e. The van der Waals surface area contributed by atoms with Crippen LogP contribution in [0.2, 0.25) is 0 Å². The van der Waals surface area contributed by atoms with E-state index in [0.717, 1.165) is 28.6 Å². The van der Waals surface area contributed by atoms with Crippen LogP contribution in [0.4, 0.5) is 5.95 Å². The van der Waals surface area contributed by atoms with Crippen LogP contribution in [0.25, 0.3) is 0 Å². The van der Waals surface area contributed by atoms with Crippen molar-refractivity contribution in [2.24, 2.45) is 0 Å². The maximum absolute atomic E-state index is 4.50. The first-order valence-corrected chi connectivity index (χ1v) is 6.90. The number of rotatable bonds is 4. The first kappa shape index (κ1) is 13.0. The SMILES string of the molecule is Cc1cc(C)nc(NCC(C)c2nc(C)cs2)n1. The topological polar surface area (TPSA) is 50.7 Å². The summed E-state index contributed by atoms with van der Waals surface area (Å²) in [7, 11) is 0. The van der Waals surface area contributed by atoms with E-state index in [1.165, 1.54) is 0 Å². The Kier molecular flexibility index (Phi) is 3.91. The lowest BCUT2D eigenvalue weighted by Crippen LogP contribution is -2.12. The summed E-state index contributed by atoms with van der Waals surface area (Å²) < 4.78 is 0. The van der Waals surface area contributed by atoms with Gasteiger partial charge in [0.1, 0.15) is 0 Å². The Morgan fingerprint density at radius 3 is 2.33 bits per heavy atom. The van der Waals surface area contributed by atoms with Gasteiger partial charge in [-0.25, -0.2) is 15.0 Å². The molecule has 1 N–H and O–H groups in total. The first-order valence-electron chi connectivity index (χ1n) is 6.03. The zero-order chi connectivity index (χ0) is 13.1. The van der Waals surface area contributed by atoms with Gasteiger partial charge in [-0.1, -0.05) is 6.92 Å². The quantitative estimate of drug-likeness (QED) is 0.920. The Morgan fingerprint density at radius 2 is 1.78 bits per heavy atom. The van der Waals surface area contributed by atoms with E-state index >= 15 is 0 Å². The highest BCUT2D eigenvalue weighted by Gasteiger charge is 2.10. The molecule has 0 fully saturated rings. The molecule has 0 saturated heterocycles. The summed E-state index contributed by atoms with van der Waals surface area (Å²) in [5.41, 5.74) is 3.06. The Labute approximate surface area is 112 Å². The van der Waals surface area contributed by atoms with Gasteiger partial charge in [0.15, 0.2) is 0 Å². The summed E-state index contributed by atoms with van der Waals surface area (Å²) in [5, 5.41) is 6.52. The second-order valence-electron chi connectivity index (χ2n) is 4.58. The van der Waals surface area contributed by atoms with E-state index in [9.17, 15) is 0 Å². The number of hydrogen-bond donors (Lipinski definition) is 1. The second-order valence-corrected chi connectivity index (χ2v) is 5.47. The van der Waals surface area contributed by atoms with E-state index < -0.39 is 0 Å². The van der Waals surface area contributed by atoms with Crippen molar-refractivity contribution in [3.63, 3.8) is 0 Å². The van der Waals surface area contributed by atoms with Gasteiger partial charge in [0.25, 0.3) is 0 Å². The maximum atomic E-state index is 4.50. The predicted molar refractivity (Wildman–Crippen MR) is 75.3 cm³/mol. The van der Waals surface area contributed by atoms with Gasteiger partial charge >= 0.3 is 0 Å². The molecular formula is C13H18N4S. The number of thiazole rings is 1. The molecule has 1 unspecified atom stereocenters. The van der Waals surface area contributed by atoms with Crippen LogP contribution in [0.3, 0.4) is 0 Å². The van der Waals surface area contributed by atoms with Gasteiger partial charge < -0.3 is 5.32 Å². The van der Waals surface area contributed by atoms with Crippen LogP contribution in [0.5, 0.6) is 0 Å². The normalized spacial score (nSPS) is 12.4. The lowest BCUT2D eigenvalue weighted by atomic mass is 10.2. The summed E-state index contributed by atoms with van der Waals surface area (Å²) in [5.74, 6) is 1.07. The minimum absolute atomic E-state index is 0.369. The molecule has 0 aliphatic rings. The second kappa shape index (κ2) is 5.44. The van der Waals surface area contributed by atoms with Gasteiger partial charge in [-0.15, -0.1) is 11.3 Å². The smallest absolute Gasteiger partial charge is 0.223 e. The van der Waals surface area contributed by atoms with Crippen LogP contribution in [0, 0.1) is 20.8 Å². The van der Waals surface area contributed by atoms with E-state index in [2.05, 4.69) is 32.6 Å². The van der Waals surface area contributed by atoms with E-state index in [1.807, 2.05) is 26.8 Å². The van der Waals surface area contributed by atoms with Crippen molar-refractivity contribution in [3.8, 4) is 0 Å². The van der Waals surface area contributed by atoms with E-state index in [0.29, 0.717) is 11.9 Å². The summed E-state index contributed by atoms with van der Waals surface area (Å²) in [4.78, 5) is 13.2. The minimum atomic E-state index is 0.369. The molecule has 0 radical (unpaired) electrons. The van der Waals surface area contributed by atoms with Crippen LogP contribution in [0.1, 0.15) is 34.9 Å². The molecule has 0 saturated carbocycles. The fourth-order valence-corrected chi connectivity index (χ4v) is 2.59. The predicted octanol–water partition coefficient (Wildman–Crippen LogP) is 3.07. The van der Waals surface area contributed by atoms with Crippen molar-refractivity contribution < 1.29 is 0 Å². The maximum Gasteiger partial charge on any atom is 0.223 e. The van der Waals surface area contributed by atoms with Crippen molar-refractivity contribution in [1.29, 1.82) is 0 Å². The van der Waals surface area contributed by atoms with Crippen molar-refractivity contribution in [2.45, 2.75) is 33.6 Å². The average Bonchev–Trinajstić information content (AvgIpc) is 2.71. The van der Waals surface area contributed by atoms with Gasteiger partial charge in [-0.3, -0.25) is 0 Å². The van der Waals surface area contributed by atoms with Crippen LogP contribution >= 0.6 is 11.3 Å². The largest absolute Gasteiger partial charge is 0.354 e. The highest BCUT2D eigenvalue weighted by Crippen LogP contribution is 2.19. The molecule has 18 heavy (non-hydrogen) atoms. The molecule has 2 aromatic rings. The van der Waals surface area contributed by atoms with E-state index in [-0.39, 0.29) is 0 Å². The first-order chi connectivity index (χ1) is 8.54. The van der Waals surface area contributed by atoms with Gasteiger partial charge in [-0.2, -0.15) is 0 Å². The van der Waals surface area contributed by atoms with Gasteiger partial charge in [-0.05, 0) is 26.8 Å². The van der Waals surface area contributed by atoms with Crippen LogP contribution in [-0.4, -0.2) is 21.5 Å². The number of hydrogen-bond acceptors (Lipinski definition) is 5. The molecule has 0 aliphatic heterocycles. The molecule has 0 spiro atoms. The van der Waals surface area contributed by atoms with Crippen molar-refractivity contribution in [3.05, 3.63) is 33.5 Å². The Morgan fingerprint density at radius 1 is 1.11 bits per heavy atom. The number of nitrogens with one attached hydrogen (secondary N) is 1. The van der Waals surface area contributed by atoms with E-state index in [4.69, 9.17) is 0 Å². The summed E-state index contributed by atoms with van der Waals surface area (Å²) in [6.07, 6.45) is 0. The highest BCUT2D eigenvalue weighted by atomic mass is 32.1. The van der Waals surface area contributed by atoms with Crippen LogP contribution in [0.15, 0.2) is 11.4 Å². The van der Waals surface area contributed by atoms with Gasteiger partial charge in [0.05, 0.1) is 5.01 Å². The zero-order valence-corrected chi connectivity index (χ0v) is 12.0. The van der Waals surface area contributed by atoms with Crippen LogP contribution < -0.4 is 5.32 Å². The number of anilines is 1. The molecule has 0 amide bonds. The molecule has 2 rings (SSSR count). The lowest BCUT2D eigenvalue weighted by molar-refractivity contribution is 0.782. The Bertz CT molecular complexity index is 515. The molecule has 5 heteroatoms. The van der Waals surface area contributed by atoms with Crippen molar-refractivity contribution in [1.82, 2.24) is 15.0 Å². The molecule has 0 bridgehead atoms. The average molecular weight is 262 g/mol. The van der Waals surface area contributed by atoms with Crippen molar-refractivity contribution in [2.75, 3.05) is 11.9 Å². The van der Waals surface area contributed by atoms with Gasteiger partial charge in [0, 0.05) is 34.9 Å². The van der Waals surface area contributed by atoms with Crippen molar-refractivity contribution >= 4 is 17.3 Å². The molecule has 0 aromatic carbocycles. The van der Waals surface area contributed by atoms with E-state index in [1.54, 1.807) is 11.3 Å². The van der Waals surface area contributed by atoms with Crippen LogP contribution in [-0.2, 0) is 0 Å². The standard InChI is InChI=1S/C13H18N4S/c1-8(12-15-11(4)7-18-12)6-14-13-16-9(2)5-10(3)17-13/h5,7-8H,6H2,1-4H3,(H,14,16,17). The fourth-order valence-electron chi connectivity index (χ4n) is 1.74. The summed E-state index contributed by atoms with van der Waals surface area (Å²) >= 11 is 1.71. The Hall–Kier alpha value is -1.49. The molecule has 4 nitrogen and oxygen atoms in total. The summed E-state index contributed by atoms with van der Waals surface area (Å²) in [6, 6.07) is 1.97. The third kappa shape index (κ3) is 3.26. The molecule has 1 atom stereocenters. The fraction of sp³-hybridized carbons (Fsp3) is 0.462. The van der Waals surface area contributed by atoms with Gasteiger partial charge in [0.2, 0.25) is 5.95 Å². The third-order valence-electron chi connectivity index (χ3n) is 2.61. The summed E-state index contributed by atoms with van der Waals surface area (Å²) in [6.45, 7) is 8.94. The lowest BCUT2D eigenvalue weighted by Gasteiger charge is -2.10. The molecule has 2 heterocycles. The monoisotopic (exact) mass is 262 g/mol. The molecular weight excluding hydrogens is 244 g/mol. The number of aromatic nitrogens is 3. The Balaban J connectivity index is 1.99. The molecule has 0 aliphatic carbocycles. The zero-order valence-electron chi connectivity index (χ0n) is 11.2. The molecule has 2 aromatic heterocycles. The number of aryl methyl sites for hydroxylation is 3.